The fourth-order valence-electron chi connectivity index (χ4n) is 1.78. The summed E-state index contributed by atoms with van der Waals surface area (Å²) in [5, 5.41) is 2.97. The first-order valence-corrected chi connectivity index (χ1v) is 5.80. The van der Waals surface area contributed by atoms with Crippen LogP contribution in [-0.2, 0) is 4.74 Å². The molecule has 1 aliphatic heterocycles. The van der Waals surface area contributed by atoms with Crippen LogP contribution in [0, 0.1) is 0 Å². The van der Waals surface area contributed by atoms with Crippen LogP contribution < -0.4 is 5.32 Å². The summed E-state index contributed by atoms with van der Waals surface area (Å²) in [4.78, 5) is 17.7. The second-order valence-electron chi connectivity index (χ2n) is 4.05. The Morgan fingerprint density at radius 1 is 1.41 bits per heavy atom. The lowest BCUT2D eigenvalue weighted by Gasteiger charge is -2.28. The molecule has 1 fully saturated rings. The third-order valence-corrected chi connectivity index (χ3v) is 2.84. The minimum atomic E-state index is -0.0300. The average molecular weight is 235 g/mol. The zero-order valence-electron chi connectivity index (χ0n) is 9.93. The van der Waals surface area contributed by atoms with Crippen molar-refractivity contribution in [3.63, 3.8) is 0 Å². The number of rotatable bonds is 2. The number of nitrogens with zero attached hydrogens (tertiary/aromatic N) is 2. The summed E-state index contributed by atoms with van der Waals surface area (Å²) in [6.07, 6.45) is 3.46. The number of pyridine rings is 1. The number of carbonyl (C=O) groups excluding carboxylic acids is 1. The molecule has 1 aromatic rings. The van der Waals surface area contributed by atoms with Crippen molar-refractivity contribution >= 4 is 6.03 Å². The number of hydrogen-bond acceptors (Lipinski definition) is 3. The molecule has 1 saturated heterocycles. The van der Waals surface area contributed by atoms with Gasteiger partial charge in [0.2, 0.25) is 0 Å². The van der Waals surface area contributed by atoms with Crippen molar-refractivity contribution in [2.24, 2.45) is 0 Å². The molecule has 1 N–H and O–H groups in total. The molecule has 0 spiro atoms. The van der Waals surface area contributed by atoms with Crippen molar-refractivity contribution < 1.29 is 9.53 Å². The van der Waals surface area contributed by atoms with Gasteiger partial charge in [-0.1, -0.05) is 0 Å². The fraction of sp³-hybridized carbons (Fsp3) is 0.500. The number of amides is 2. The number of nitrogens with one attached hydrogen (secondary N) is 1. The lowest BCUT2D eigenvalue weighted by Crippen LogP contribution is -2.46. The van der Waals surface area contributed by atoms with Gasteiger partial charge in [-0.05, 0) is 24.6 Å². The lowest BCUT2D eigenvalue weighted by atomic mass is 10.1. The Labute approximate surface area is 101 Å². The maximum atomic E-state index is 11.9. The van der Waals surface area contributed by atoms with E-state index in [2.05, 4.69) is 10.3 Å². The van der Waals surface area contributed by atoms with Crippen LogP contribution in [0.3, 0.4) is 0 Å². The highest BCUT2D eigenvalue weighted by Crippen LogP contribution is 2.11. The number of morpholine rings is 1. The van der Waals surface area contributed by atoms with Gasteiger partial charge in [-0.15, -0.1) is 0 Å². The summed E-state index contributed by atoms with van der Waals surface area (Å²) in [5.74, 6) is 0. The van der Waals surface area contributed by atoms with Crippen LogP contribution in [0.4, 0.5) is 4.79 Å². The first kappa shape index (κ1) is 11.9. The largest absolute Gasteiger partial charge is 0.378 e. The molecule has 2 rings (SSSR count). The van der Waals surface area contributed by atoms with E-state index >= 15 is 0 Å². The number of urea groups is 1. The van der Waals surface area contributed by atoms with Crippen molar-refractivity contribution in [1.29, 1.82) is 0 Å². The van der Waals surface area contributed by atoms with Gasteiger partial charge in [-0.2, -0.15) is 0 Å². The number of aromatic nitrogens is 1. The van der Waals surface area contributed by atoms with Gasteiger partial charge in [-0.25, -0.2) is 4.79 Å². The van der Waals surface area contributed by atoms with Crippen molar-refractivity contribution in [2.75, 3.05) is 26.3 Å². The predicted octanol–water partition coefficient (Wildman–Crippen LogP) is 1.18. The first-order chi connectivity index (χ1) is 8.27. The van der Waals surface area contributed by atoms with Gasteiger partial charge >= 0.3 is 6.03 Å². The fourth-order valence-corrected chi connectivity index (χ4v) is 1.78. The number of ether oxygens (including phenoxy) is 1. The molecule has 1 aromatic heterocycles. The van der Waals surface area contributed by atoms with Gasteiger partial charge in [-0.3, -0.25) is 4.98 Å². The SMILES string of the molecule is CC(NC(=O)N1CCOCC1)c1ccncc1. The van der Waals surface area contributed by atoms with Crippen molar-refractivity contribution in [3.8, 4) is 0 Å². The lowest BCUT2D eigenvalue weighted by molar-refractivity contribution is 0.0526. The summed E-state index contributed by atoms with van der Waals surface area (Å²) >= 11 is 0. The summed E-state index contributed by atoms with van der Waals surface area (Å²) in [5.41, 5.74) is 1.06. The van der Waals surface area contributed by atoms with E-state index < -0.39 is 0 Å². The first-order valence-electron chi connectivity index (χ1n) is 5.80. The summed E-state index contributed by atoms with van der Waals surface area (Å²) in [6.45, 7) is 4.53. The molecule has 0 saturated carbocycles. The highest BCUT2D eigenvalue weighted by molar-refractivity contribution is 5.74. The van der Waals surface area contributed by atoms with Gasteiger partial charge < -0.3 is 15.0 Å². The third kappa shape index (κ3) is 3.17. The van der Waals surface area contributed by atoms with Gasteiger partial charge in [0.25, 0.3) is 0 Å². The maximum absolute atomic E-state index is 11.9. The Hall–Kier alpha value is -1.62. The topological polar surface area (TPSA) is 54.5 Å². The maximum Gasteiger partial charge on any atom is 0.318 e. The standard InChI is InChI=1S/C12H17N3O2/c1-10(11-2-4-13-5-3-11)14-12(16)15-6-8-17-9-7-15/h2-5,10H,6-9H2,1H3,(H,14,16). The molecule has 0 aliphatic carbocycles. The van der Waals surface area contributed by atoms with E-state index in [1.54, 1.807) is 17.3 Å². The second kappa shape index (κ2) is 5.63. The van der Waals surface area contributed by atoms with Crippen molar-refractivity contribution in [2.45, 2.75) is 13.0 Å². The molecule has 92 valence electrons. The Morgan fingerprint density at radius 2 is 2.06 bits per heavy atom. The van der Waals surface area contributed by atoms with Gasteiger partial charge in [0, 0.05) is 25.5 Å². The van der Waals surface area contributed by atoms with Crippen molar-refractivity contribution in [3.05, 3.63) is 30.1 Å². The molecule has 2 amide bonds. The Balaban J connectivity index is 1.89. The normalized spacial score (nSPS) is 17.6. The molecule has 0 radical (unpaired) electrons. The summed E-state index contributed by atoms with van der Waals surface area (Å²) < 4.78 is 5.21. The van der Waals surface area contributed by atoms with E-state index in [0.717, 1.165) is 5.56 Å². The van der Waals surface area contributed by atoms with Crippen molar-refractivity contribution in [1.82, 2.24) is 15.2 Å². The Morgan fingerprint density at radius 3 is 2.71 bits per heavy atom. The van der Waals surface area contributed by atoms with E-state index in [-0.39, 0.29) is 12.1 Å². The smallest absolute Gasteiger partial charge is 0.318 e. The van der Waals surface area contributed by atoms with Gasteiger partial charge in [0.15, 0.2) is 0 Å². The van der Waals surface area contributed by atoms with E-state index in [9.17, 15) is 4.79 Å². The number of hydrogen-bond donors (Lipinski definition) is 1. The molecule has 2 heterocycles. The highest BCUT2D eigenvalue weighted by Gasteiger charge is 2.18. The molecule has 1 atom stereocenters. The van der Waals surface area contributed by atoms with Crippen LogP contribution >= 0.6 is 0 Å². The van der Waals surface area contributed by atoms with Crippen LogP contribution in [-0.4, -0.2) is 42.2 Å². The van der Waals surface area contributed by atoms with Crippen LogP contribution in [0.15, 0.2) is 24.5 Å². The van der Waals surface area contributed by atoms with Crippen LogP contribution in [0.5, 0.6) is 0 Å². The van der Waals surface area contributed by atoms with E-state index in [1.807, 2.05) is 19.1 Å². The summed E-state index contributed by atoms with van der Waals surface area (Å²) in [6, 6.07) is 3.78. The molecule has 0 aromatic carbocycles. The second-order valence-corrected chi connectivity index (χ2v) is 4.05. The molecular formula is C12H17N3O2. The zero-order valence-corrected chi connectivity index (χ0v) is 9.93. The van der Waals surface area contributed by atoms with Crippen LogP contribution in [0.1, 0.15) is 18.5 Å². The highest BCUT2D eigenvalue weighted by atomic mass is 16.5. The molecule has 5 nitrogen and oxygen atoms in total. The minimum Gasteiger partial charge on any atom is -0.378 e. The molecule has 17 heavy (non-hydrogen) atoms. The molecule has 1 aliphatic rings. The van der Waals surface area contributed by atoms with E-state index in [1.165, 1.54) is 0 Å². The van der Waals surface area contributed by atoms with E-state index in [4.69, 9.17) is 4.74 Å². The van der Waals surface area contributed by atoms with Crippen LogP contribution in [0.25, 0.3) is 0 Å². The Kier molecular flexibility index (Phi) is 3.93. The minimum absolute atomic E-state index is 0.00616. The molecule has 5 heteroatoms. The quantitative estimate of drug-likeness (QED) is 0.837. The molecule has 0 bridgehead atoms. The summed E-state index contributed by atoms with van der Waals surface area (Å²) in [7, 11) is 0. The average Bonchev–Trinajstić information content (AvgIpc) is 2.40. The Bertz CT molecular complexity index is 363. The van der Waals surface area contributed by atoms with E-state index in [0.29, 0.717) is 26.3 Å². The number of carbonyl (C=O) groups is 1. The van der Waals surface area contributed by atoms with Gasteiger partial charge in [0.05, 0.1) is 19.3 Å². The third-order valence-electron chi connectivity index (χ3n) is 2.84. The van der Waals surface area contributed by atoms with Gasteiger partial charge in [0.1, 0.15) is 0 Å². The predicted molar refractivity (Wildman–Crippen MR) is 63.6 cm³/mol. The monoisotopic (exact) mass is 235 g/mol. The molecular weight excluding hydrogens is 218 g/mol. The molecule has 1 unspecified atom stereocenters. The van der Waals surface area contributed by atoms with Crippen LogP contribution in [0.2, 0.25) is 0 Å². The zero-order chi connectivity index (χ0) is 12.1.